The van der Waals surface area contributed by atoms with Gasteiger partial charge in [-0.15, -0.1) is 0 Å². The summed E-state index contributed by atoms with van der Waals surface area (Å²) in [6.07, 6.45) is -4.08. The second-order valence-corrected chi connectivity index (χ2v) is 6.97. The van der Waals surface area contributed by atoms with Gasteiger partial charge in [0.1, 0.15) is 11.6 Å². The Bertz CT molecular complexity index is 1090. The van der Waals surface area contributed by atoms with Crippen molar-refractivity contribution in [2.24, 2.45) is 0 Å². The Morgan fingerprint density at radius 1 is 1.10 bits per heavy atom. The number of nitrogens with zero attached hydrogens (tertiary/aromatic N) is 2. The molecule has 2 heterocycles. The first-order chi connectivity index (χ1) is 13.8. The van der Waals surface area contributed by atoms with E-state index in [4.69, 9.17) is 0 Å². The summed E-state index contributed by atoms with van der Waals surface area (Å²) in [5.41, 5.74) is 0.886. The highest BCUT2D eigenvalue weighted by Crippen LogP contribution is 2.30. The topological polar surface area (TPSA) is 49.0 Å². The number of alkyl halides is 3. The Balaban J connectivity index is 1.55. The third-order valence-electron chi connectivity index (χ3n) is 4.97. The molecule has 2 aromatic carbocycles. The lowest BCUT2D eigenvalue weighted by Gasteiger charge is -2.28. The summed E-state index contributed by atoms with van der Waals surface area (Å²) in [6, 6.07) is 11.8. The molecule has 0 bridgehead atoms. The molecule has 1 aromatic heterocycles. The molecular formula is C21H17F4N3O. The number of H-pyrrole nitrogens is 1. The van der Waals surface area contributed by atoms with E-state index in [1.165, 1.54) is 0 Å². The van der Waals surface area contributed by atoms with Gasteiger partial charge in [0.25, 0.3) is 5.56 Å². The van der Waals surface area contributed by atoms with Gasteiger partial charge in [0.2, 0.25) is 0 Å². The Morgan fingerprint density at radius 3 is 2.55 bits per heavy atom. The molecule has 29 heavy (non-hydrogen) atoms. The lowest BCUT2D eigenvalue weighted by molar-refractivity contribution is -0.137. The maximum absolute atomic E-state index is 14.1. The number of benzene rings is 2. The van der Waals surface area contributed by atoms with Crippen molar-refractivity contribution in [2.45, 2.75) is 25.7 Å². The Kier molecular flexibility index (Phi) is 4.96. The standard InChI is InChI=1S/C21H17F4N3O/c22-17-10-15(21(23,24)25)7-6-14(17)11-28-9-8-18-16(12-28)20(29)27-19(26-18)13-4-2-1-3-5-13/h1-7,10H,8-9,11-12H2,(H,26,27,29). The van der Waals surface area contributed by atoms with Gasteiger partial charge in [-0.1, -0.05) is 36.4 Å². The highest BCUT2D eigenvalue weighted by molar-refractivity contribution is 5.54. The van der Waals surface area contributed by atoms with Crippen molar-refractivity contribution in [3.63, 3.8) is 0 Å². The summed E-state index contributed by atoms with van der Waals surface area (Å²) >= 11 is 0. The van der Waals surface area contributed by atoms with Crippen LogP contribution in [0.2, 0.25) is 0 Å². The highest BCUT2D eigenvalue weighted by Gasteiger charge is 2.31. The number of fused-ring (bicyclic) bond motifs is 1. The number of aromatic amines is 1. The molecule has 4 rings (SSSR count). The Labute approximate surface area is 163 Å². The lowest BCUT2D eigenvalue weighted by atomic mass is 10.0. The summed E-state index contributed by atoms with van der Waals surface area (Å²) in [5.74, 6) is -0.409. The van der Waals surface area contributed by atoms with Crippen molar-refractivity contribution in [1.82, 2.24) is 14.9 Å². The van der Waals surface area contributed by atoms with Gasteiger partial charge in [-0.3, -0.25) is 9.69 Å². The van der Waals surface area contributed by atoms with Crippen LogP contribution in [-0.2, 0) is 25.7 Å². The smallest absolute Gasteiger partial charge is 0.306 e. The molecule has 1 N–H and O–H groups in total. The molecule has 0 fully saturated rings. The molecular weight excluding hydrogens is 386 g/mol. The van der Waals surface area contributed by atoms with E-state index in [0.717, 1.165) is 17.7 Å². The molecule has 1 aliphatic rings. The molecule has 0 spiro atoms. The molecule has 0 amide bonds. The van der Waals surface area contributed by atoms with Crippen LogP contribution in [0.15, 0.2) is 53.3 Å². The van der Waals surface area contributed by atoms with E-state index < -0.39 is 17.6 Å². The maximum Gasteiger partial charge on any atom is 0.416 e. The molecule has 4 nitrogen and oxygen atoms in total. The van der Waals surface area contributed by atoms with Crippen molar-refractivity contribution in [1.29, 1.82) is 0 Å². The third-order valence-corrected chi connectivity index (χ3v) is 4.97. The zero-order chi connectivity index (χ0) is 20.6. The minimum absolute atomic E-state index is 0.114. The molecule has 1 aliphatic heterocycles. The zero-order valence-electron chi connectivity index (χ0n) is 15.3. The number of halogens is 4. The number of rotatable bonds is 3. The summed E-state index contributed by atoms with van der Waals surface area (Å²) in [7, 11) is 0. The molecule has 0 aliphatic carbocycles. The van der Waals surface area contributed by atoms with Crippen LogP contribution in [-0.4, -0.2) is 21.4 Å². The quantitative estimate of drug-likeness (QED) is 0.669. The van der Waals surface area contributed by atoms with Crippen molar-refractivity contribution in [3.8, 4) is 11.4 Å². The van der Waals surface area contributed by atoms with E-state index in [0.29, 0.717) is 36.1 Å². The van der Waals surface area contributed by atoms with Gasteiger partial charge in [0.15, 0.2) is 0 Å². The zero-order valence-corrected chi connectivity index (χ0v) is 15.3. The lowest BCUT2D eigenvalue weighted by Crippen LogP contribution is -2.35. The molecule has 150 valence electrons. The fraction of sp³-hybridized carbons (Fsp3) is 0.238. The van der Waals surface area contributed by atoms with Crippen LogP contribution in [0.3, 0.4) is 0 Å². The predicted molar refractivity (Wildman–Crippen MR) is 99.5 cm³/mol. The number of nitrogens with one attached hydrogen (secondary N) is 1. The summed E-state index contributed by atoms with van der Waals surface area (Å²) in [5, 5.41) is 0. The van der Waals surface area contributed by atoms with Crippen LogP contribution in [0.1, 0.15) is 22.4 Å². The molecule has 3 aromatic rings. The van der Waals surface area contributed by atoms with Crippen molar-refractivity contribution in [2.75, 3.05) is 6.54 Å². The van der Waals surface area contributed by atoms with Gasteiger partial charge in [0, 0.05) is 37.2 Å². The predicted octanol–water partition coefficient (Wildman–Crippen LogP) is 4.15. The van der Waals surface area contributed by atoms with E-state index in [1.807, 2.05) is 35.2 Å². The van der Waals surface area contributed by atoms with Crippen molar-refractivity contribution >= 4 is 0 Å². The van der Waals surface area contributed by atoms with Gasteiger partial charge in [-0.2, -0.15) is 13.2 Å². The van der Waals surface area contributed by atoms with Crippen LogP contribution in [0, 0.1) is 5.82 Å². The monoisotopic (exact) mass is 403 g/mol. The van der Waals surface area contributed by atoms with Crippen LogP contribution >= 0.6 is 0 Å². The van der Waals surface area contributed by atoms with Crippen molar-refractivity contribution in [3.05, 3.63) is 87.1 Å². The van der Waals surface area contributed by atoms with Crippen LogP contribution in [0.5, 0.6) is 0 Å². The second kappa shape index (κ2) is 7.44. The van der Waals surface area contributed by atoms with Gasteiger partial charge in [-0.25, -0.2) is 9.37 Å². The molecule has 0 atom stereocenters. The molecule has 0 unspecified atom stereocenters. The first kappa shape index (κ1) is 19.3. The average molecular weight is 403 g/mol. The number of hydrogen-bond donors (Lipinski definition) is 1. The van der Waals surface area contributed by atoms with E-state index in [9.17, 15) is 22.4 Å². The van der Waals surface area contributed by atoms with Crippen LogP contribution in [0.25, 0.3) is 11.4 Å². The van der Waals surface area contributed by atoms with Crippen LogP contribution < -0.4 is 5.56 Å². The molecule has 8 heteroatoms. The second-order valence-electron chi connectivity index (χ2n) is 6.97. The molecule has 0 radical (unpaired) electrons. The first-order valence-electron chi connectivity index (χ1n) is 9.07. The van der Waals surface area contributed by atoms with Crippen molar-refractivity contribution < 1.29 is 17.6 Å². The first-order valence-corrected chi connectivity index (χ1v) is 9.07. The summed E-state index contributed by atoms with van der Waals surface area (Å²) < 4.78 is 52.2. The summed E-state index contributed by atoms with van der Waals surface area (Å²) in [6.45, 7) is 0.897. The van der Waals surface area contributed by atoms with E-state index in [1.54, 1.807) is 0 Å². The van der Waals surface area contributed by atoms with Crippen LogP contribution in [0.4, 0.5) is 17.6 Å². The number of aromatic nitrogens is 2. The average Bonchev–Trinajstić information content (AvgIpc) is 2.69. The largest absolute Gasteiger partial charge is 0.416 e. The fourth-order valence-corrected chi connectivity index (χ4v) is 3.44. The van der Waals surface area contributed by atoms with Gasteiger partial charge in [-0.05, 0) is 12.1 Å². The highest BCUT2D eigenvalue weighted by atomic mass is 19.4. The normalized spacial score (nSPS) is 14.6. The van der Waals surface area contributed by atoms with Gasteiger partial charge >= 0.3 is 6.18 Å². The Morgan fingerprint density at radius 2 is 1.86 bits per heavy atom. The number of hydrogen-bond acceptors (Lipinski definition) is 3. The molecule has 0 saturated carbocycles. The van der Waals surface area contributed by atoms with E-state index in [-0.39, 0.29) is 24.2 Å². The van der Waals surface area contributed by atoms with Gasteiger partial charge in [0.05, 0.1) is 16.8 Å². The van der Waals surface area contributed by atoms with Gasteiger partial charge < -0.3 is 4.98 Å². The minimum atomic E-state index is -4.58. The van der Waals surface area contributed by atoms with E-state index in [2.05, 4.69) is 9.97 Å². The Hall–Kier alpha value is -3.00. The minimum Gasteiger partial charge on any atom is -0.306 e. The van der Waals surface area contributed by atoms with E-state index >= 15 is 0 Å². The fourth-order valence-electron chi connectivity index (χ4n) is 3.44. The molecule has 0 saturated heterocycles. The third kappa shape index (κ3) is 4.07. The maximum atomic E-state index is 14.1. The SMILES string of the molecule is O=c1[nH]c(-c2ccccc2)nc2c1CN(Cc1ccc(C(F)(F)F)cc1F)CC2. The summed E-state index contributed by atoms with van der Waals surface area (Å²) in [4.78, 5) is 21.7.